The minimum atomic E-state index is -0.488. The third-order valence-corrected chi connectivity index (χ3v) is 2.03. The van der Waals surface area contributed by atoms with E-state index in [0.29, 0.717) is 30.8 Å². The molecule has 0 bridgehead atoms. The van der Waals surface area contributed by atoms with Gasteiger partial charge in [-0.25, -0.2) is 0 Å². The molecule has 0 radical (unpaired) electrons. The molecule has 0 aliphatic rings. The van der Waals surface area contributed by atoms with Gasteiger partial charge in [0.25, 0.3) is 5.69 Å². The van der Waals surface area contributed by atoms with E-state index in [2.05, 4.69) is 5.32 Å². The fourth-order valence-electron chi connectivity index (χ4n) is 1.26. The number of anilines is 2. The Labute approximate surface area is 106 Å². The fourth-order valence-corrected chi connectivity index (χ4v) is 1.26. The van der Waals surface area contributed by atoms with Crippen LogP contribution < -0.4 is 11.1 Å². The monoisotopic (exact) mass is 253 g/mol. The zero-order valence-electron chi connectivity index (χ0n) is 10.7. The molecule has 0 saturated heterocycles. The summed E-state index contributed by atoms with van der Waals surface area (Å²) < 4.78 is 0. The summed E-state index contributed by atoms with van der Waals surface area (Å²) in [5.41, 5.74) is 6.19. The summed E-state index contributed by atoms with van der Waals surface area (Å²) in [6.45, 7) is 4.52. The Balaban J connectivity index is 0.00000137. The number of hydrogen-bond donors (Lipinski definition) is 2. The number of nitrogens with zero attached hydrogens (tertiary/aromatic N) is 1. The number of rotatable bonds is 6. The van der Waals surface area contributed by atoms with Gasteiger partial charge in [-0.2, -0.15) is 0 Å². The summed E-state index contributed by atoms with van der Waals surface area (Å²) >= 11 is 0. The first-order valence-electron chi connectivity index (χ1n) is 5.86. The molecule has 1 aromatic carbocycles. The Morgan fingerprint density at radius 2 is 2.11 bits per heavy atom. The van der Waals surface area contributed by atoms with Crippen molar-refractivity contribution in [3.8, 4) is 0 Å². The molecule has 100 valence electrons. The summed E-state index contributed by atoms with van der Waals surface area (Å²) in [7, 11) is 0. The molecule has 0 heterocycles. The molecule has 18 heavy (non-hydrogen) atoms. The van der Waals surface area contributed by atoms with Crippen LogP contribution in [0.1, 0.15) is 26.7 Å². The number of hydrogen-bond acceptors (Lipinski definition) is 5. The molecule has 0 atom stereocenters. The Morgan fingerprint density at radius 1 is 1.44 bits per heavy atom. The van der Waals surface area contributed by atoms with Gasteiger partial charge < -0.3 is 15.8 Å². The van der Waals surface area contributed by atoms with Crippen molar-refractivity contribution < 1.29 is 9.72 Å². The zero-order chi connectivity index (χ0) is 14.0. The van der Waals surface area contributed by atoms with Gasteiger partial charge in [0, 0.05) is 24.7 Å². The van der Waals surface area contributed by atoms with E-state index in [-0.39, 0.29) is 5.69 Å². The molecule has 1 aromatic rings. The van der Waals surface area contributed by atoms with Crippen molar-refractivity contribution in [1.82, 2.24) is 0 Å². The molecule has 0 unspecified atom stereocenters. The van der Waals surface area contributed by atoms with Crippen LogP contribution in [-0.2, 0) is 4.79 Å². The molecule has 0 saturated carbocycles. The standard InChI is InChI=1S/C10H13N3O3.C2H6/c11-8-3-4-9(10(7-8)13(15)16)12-5-1-2-6-14;1-2/h3-4,6-7,12H,1-2,5,11H2;1-2H3. The van der Waals surface area contributed by atoms with Crippen LogP contribution in [0.5, 0.6) is 0 Å². The molecule has 0 spiro atoms. The summed E-state index contributed by atoms with van der Waals surface area (Å²) in [4.78, 5) is 20.3. The lowest BCUT2D eigenvalue weighted by Crippen LogP contribution is -2.04. The molecule has 6 heteroatoms. The summed E-state index contributed by atoms with van der Waals surface area (Å²) in [5.74, 6) is 0. The predicted molar refractivity (Wildman–Crippen MR) is 72.6 cm³/mol. The Hall–Kier alpha value is -2.11. The van der Waals surface area contributed by atoms with Crippen molar-refractivity contribution in [2.24, 2.45) is 0 Å². The van der Waals surface area contributed by atoms with E-state index in [0.717, 1.165) is 6.29 Å². The largest absolute Gasteiger partial charge is 0.399 e. The second kappa shape index (κ2) is 8.98. The van der Waals surface area contributed by atoms with E-state index in [4.69, 9.17) is 5.73 Å². The molecule has 0 aliphatic carbocycles. The van der Waals surface area contributed by atoms with Crippen molar-refractivity contribution in [2.75, 3.05) is 17.6 Å². The molecule has 6 nitrogen and oxygen atoms in total. The first-order valence-corrected chi connectivity index (χ1v) is 5.86. The Bertz CT molecular complexity index is 394. The summed E-state index contributed by atoms with van der Waals surface area (Å²) in [6.07, 6.45) is 1.90. The molecule has 0 aromatic heterocycles. The quantitative estimate of drug-likeness (QED) is 0.267. The Morgan fingerprint density at radius 3 is 2.67 bits per heavy atom. The number of nitrogens with two attached hydrogens (primary N) is 1. The molecule has 0 fully saturated rings. The minimum absolute atomic E-state index is 0.0499. The maximum atomic E-state index is 10.7. The highest BCUT2D eigenvalue weighted by atomic mass is 16.6. The van der Waals surface area contributed by atoms with Gasteiger partial charge in [0.05, 0.1) is 4.92 Å². The lowest BCUT2D eigenvalue weighted by Gasteiger charge is -2.06. The van der Waals surface area contributed by atoms with E-state index >= 15 is 0 Å². The molecule has 0 amide bonds. The van der Waals surface area contributed by atoms with E-state index in [1.807, 2.05) is 13.8 Å². The van der Waals surface area contributed by atoms with Gasteiger partial charge in [-0.1, -0.05) is 13.8 Å². The van der Waals surface area contributed by atoms with Crippen molar-refractivity contribution >= 4 is 23.3 Å². The minimum Gasteiger partial charge on any atom is -0.399 e. The Kier molecular flexibility index (Phi) is 7.92. The highest BCUT2D eigenvalue weighted by Gasteiger charge is 2.12. The smallest absolute Gasteiger partial charge is 0.294 e. The maximum Gasteiger partial charge on any atom is 0.294 e. The lowest BCUT2D eigenvalue weighted by atomic mass is 10.2. The average molecular weight is 253 g/mol. The van der Waals surface area contributed by atoms with Crippen LogP contribution in [0.3, 0.4) is 0 Å². The van der Waals surface area contributed by atoms with E-state index in [9.17, 15) is 14.9 Å². The van der Waals surface area contributed by atoms with Crippen LogP contribution in [0, 0.1) is 10.1 Å². The normalized spacial score (nSPS) is 9.00. The van der Waals surface area contributed by atoms with Crippen molar-refractivity contribution in [3.05, 3.63) is 28.3 Å². The number of nitro benzene ring substituents is 1. The third-order valence-electron chi connectivity index (χ3n) is 2.03. The van der Waals surface area contributed by atoms with Crippen molar-refractivity contribution in [2.45, 2.75) is 26.7 Å². The van der Waals surface area contributed by atoms with Gasteiger partial charge in [-0.15, -0.1) is 0 Å². The summed E-state index contributed by atoms with van der Waals surface area (Å²) in [6, 6.07) is 4.46. The SMILES string of the molecule is CC.Nc1ccc(NCCCC=O)c([N+](=O)[O-])c1. The first-order chi connectivity index (χ1) is 8.65. The van der Waals surface area contributed by atoms with Gasteiger partial charge in [-0.3, -0.25) is 10.1 Å². The van der Waals surface area contributed by atoms with Gasteiger partial charge in [0.1, 0.15) is 12.0 Å². The van der Waals surface area contributed by atoms with Crippen molar-refractivity contribution in [1.29, 1.82) is 0 Å². The van der Waals surface area contributed by atoms with Crippen LogP contribution in [-0.4, -0.2) is 17.8 Å². The van der Waals surface area contributed by atoms with Crippen LogP contribution in [0.4, 0.5) is 17.1 Å². The number of carbonyl (C=O) groups is 1. The number of nitrogens with one attached hydrogen (secondary N) is 1. The van der Waals surface area contributed by atoms with E-state index in [1.165, 1.54) is 6.07 Å². The number of carbonyl (C=O) groups excluding carboxylic acids is 1. The molecular weight excluding hydrogens is 234 g/mol. The van der Waals surface area contributed by atoms with Gasteiger partial charge in [0.15, 0.2) is 0 Å². The van der Waals surface area contributed by atoms with Gasteiger partial charge in [-0.05, 0) is 18.6 Å². The summed E-state index contributed by atoms with van der Waals surface area (Å²) in [5, 5.41) is 13.6. The van der Waals surface area contributed by atoms with Crippen molar-refractivity contribution in [3.63, 3.8) is 0 Å². The first kappa shape index (κ1) is 15.9. The number of unbranched alkanes of at least 4 members (excludes halogenated alkanes) is 1. The van der Waals surface area contributed by atoms with E-state index < -0.39 is 4.92 Å². The van der Waals surface area contributed by atoms with Crippen LogP contribution >= 0.6 is 0 Å². The average Bonchev–Trinajstić information content (AvgIpc) is 2.38. The number of benzene rings is 1. The topological polar surface area (TPSA) is 98.3 Å². The van der Waals surface area contributed by atoms with Gasteiger partial charge in [0.2, 0.25) is 0 Å². The van der Waals surface area contributed by atoms with E-state index in [1.54, 1.807) is 12.1 Å². The molecule has 1 rings (SSSR count). The van der Waals surface area contributed by atoms with Crippen LogP contribution in [0.2, 0.25) is 0 Å². The molecule has 3 N–H and O–H groups in total. The van der Waals surface area contributed by atoms with Gasteiger partial charge >= 0.3 is 0 Å². The lowest BCUT2D eigenvalue weighted by molar-refractivity contribution is -0.383. The van der Waals surface area contributed by atoms with Crippen LogP contribution in [0.25, 0.3) is 0 Å². The number of nitro groups is 1. The molecular formula is C12H19N3O3. The highest BCUT2D eigenvalue weighted by Crippen LogP contribution is 2.26. The second-order valence-corrected chi connectivity index (χ2v) is 3.27. The fraction of sp³-hybridized carbons (Fsp3) is 0.417. The second-order valence-electron chi connectivity index (χ2n) is 3.27. The third kappa shape index (κ3) is 5.29. The number of nitrogen functional groups attached to an aromatic ring is 1. The predicted octanol–water partition coefficient (Wildman–Crippen LogP) is 2.59. The maximum absolute atomic E-state index is 10.7. The molecule has 0 aliphatic heterocycles. The van der Waals surface area contributed by atoms with Crippen LogP contribution in [0.15, 0.2) is 18.2 Å². The highest BCUT2D eigenvalue weighted by molar-refractivity contribution is 5.66. The zero-order valence-corrected chi connectivity index (χ0v) is 10.7. The number of aldehydes is 1.